The van der Waals surface area contributed by atoms with Crippen molar-refractivity contribution in [3.8, 4) is 0 Å². The lowest BCUT2D eigenvalue weighted by molar-refractivity contribution is -0.0435. The van der Waals surface area contributed by atoms with Crippen LogP contribution in [-0.2, 0) is 24.6 Å². The molecule has 7 rings (SSSR count). The number of rotatable bonds is 16. The van der Waals surface area contributed by atoms with Crippen LogP contribution in [0.3, 0.4) is 0 Å². The number of hydrogen-bond acceptors (Lipinski definition) is 11. The maximum atomic E-state index is 14.2. The van der Waals surface area contributed by atoms with Gasteiger partial charge < -0.3 is 15.0 Å². The van der Waals surface area contributed by atoms with E-state index in [0.717, 1.165) is 73.3 Å². The number of ether oxygens (including phenoxy) is 1. The number of sulfonamides is 1. The quantitative estimate of drug-likeness (QED) is 0.105. The molecule has 2 saturated heterocycles. The smallest absolute Gasteiger partial charge is 0.380 e. The molecule has 4 aromatic rings. The number of alkyl halides is 3. The summed E-state index contributed by atoms with van der Waals surface area (Å²) < 4.78 is 103. The predicted octanol–water partition coefficient (Wildman–Crippen LogP) is 8.59. The summed E-state index contributed by atoms with van der Waals surface area (Å²) in [6.45, 7) is 8.37. The molecule has 4 aromatic carbocycles. The summed E-state index contributed by atoms with van der Waals surface area (Å²) in [7, 11) is -10.9. The topological polar surface area (TPSA) is 128 Å². The second-order valence-electron chi connectivity index (χ2n) is 16.4. The summed E-state index contributed by atoms with van der Waals surface area (Å²) in [5, 5.41) is 3.72. The fraction of sp³-hybridized carbons (Fsp3) is 0.413. The Balaban J connectivity index is 1.02. The van der Waals surface area contributed by atoms with Gasteiger partial charge in [-0.2, -0.15) is 13.2 Å². The average molecular weight is 961 g/mol. The van der Waals surface area contributed by atoms with Crippen LogP contribution in [0.25, 0.3) is 5.57 Å². The zero-order valence-corrected chi connectivity index (χ0v) is 38.7. The Morgan fingerprint density at radius 2 is 1.59 bits per heavy atom. The molecule has 2 atom stereocenters. The second-order valence-corrected chi connectivity index (χ2v) is 21.5. The molecule has 0 aromatic heterocycles. The SMILES string of the molecule is C[C@H]1COCCN1CC[C@H](CSc1ccccc1)Nc1ccc(S(=O)(=O)NC(=O)c2ccc(N3CCN(CC4=C(c5ccc(Cl)cc5)CCCC4)CC3)cc2)cc1S(=O)(=O)C(F)(F)F. The zero-order chi connectivity index (χ0) is 45.5. The third kappa shape index (κ3) is 12.0. The first-order valence-corrected chi connectivity index (χ1v) is 25.7. The first-order valence-electron chi connectivity index (χ1n) is 21.4. The molecule has 3 aliphatic rings. The Labute approximate surface area is 383 Å². The number of piperazine rings is 1. The van der Waals surface area contributed by atoms with Gasteiger partial charge in [-0.05, 0) is 117 Å². The molecule has 1 amide bonds. The summed E-state index contributed by atoms with van der Waals surface area (Å²) in [6.07, 6.45) is 4.89. The van der Waals surface area contributed by atoms with Gasteiger partial charge in [0.2, 0.25) is 0 Å². The highest BCUT2D eigenvalue weighted by atomic mass is 35.5. The third-order valence-electron chi connectivity index (χ3n) is 12.0. The number of nitrogens with zero attached hydrogens (tertiary/aromatic N) is 3. The van der Waals surface area contributed by atoms with Crippen molar-refractivity contribution in [2.45, 2.75) is 71.3 Å². The van der Waals surface area contributed by atoms with E-state index in [2.05, 4.69) is 32.1 Å². The van der Waals surface area contributed by atoms with E-state index in [4.69, 9.17) is 16.3 Å². The molecule has 344 valence electrons. The molecule has 64 heavy (non-hydrogen) atoms. The number of benzene rings is 4. The van der Waals surface area contributed by atoms with Crippen molar-refractivity contribution >= 4 is 66.1 Å². The van der Waals surface area contributed by atoms with E-state index < -0.39 is 52.8 Å². The van der Waals surface area contributed by atoms with E-state index >= 15 is 0 Å². The summed E-state index contributed by atoms with van der Waals surface area (Å²) in [5.41, 5.74) is -1.20. The van der Waals surface area contributed by atoms with Gasteiger partial charge in [0.1, 0.15) is 4.90 Å². The number of anilines is 2. The van der Waals surface area contributed by atoms with E-state index in [1.165, 1.54) is 53.4 Å². The molecule has 0 radical (unpaired) electrons. The van der Waals surface area contributed by atoms with Crippen molar-refractivity contribution in [2.75, 3.05) is 75.0 Å². The second kappa shape index (κ2) is 21.0. The Kier molecular flexibility index (Phi) is 15.7. The summed E-state index contributed by atoms with van der Waals surface area (Å²) in [6, 6.07) is 25.9. The standard InChI is InChI=1S/C46H53ClF3N5O6S3/c1-33-31-61-28-27-54(33)22-21-38(32-62-40-8-3-2-4-9-40)51-43-20-19-41(29-44(43)63(57,58)46(48,49)50)64(59,60)52-45(56)35-13-17-39(18-14-35)55-25-23-53(24-26-55)30-36-7-5-6-10-42(36)34-11-15-37(47)16-12-34/h2-4,8-9,11-20,29,33,38,51H,5-7,10,21-28,30-32H2,1H3,(H,52,56)/t33-,38+/m0/s1. The van der Waals surface area contributed by atoms with Crippen molar-refractivity contribution in [3.05, 3.63) is 119 Å². The largest absolute Gasteiger partial charge is 0.501 e. The van der Waals surface area contributed by atoms with Crippen molar-refractivity contribution in [3.63, 3.8) is 0 Å². The molecule has 2 fully saturated rings. The number of nitrogens with one attached hydrogen (secondary N) is 2. The number of hydrogen-bond donors (Lipinski definition) is 2. The van der Waals surface area contributed by atoms with Crippen LogP contribution in [0.5, 0.6) is 0 Å². The first kappa shape index (κ1) is 47.9. The van der Waals surface area contributed by atoms with Crippen molar-refractivity contribution in [1.82, 2.24) is 14.5 Å². The molecular weight excluding hydrogens is 907 g/mol. The molecule has 11 nitrogen and oxygen atoms in total. The predicted molar refractivity (Wildman–Crippen MR) is 247 cm³/mol. The van der Waals surface area contributed by atoms with E-state index in [9.17, 15) is 34.8 Å². The fourth-order valence-electron chi connectivity index (χ4n) is 8.32. The number of halogens is 4. The summed E-state index contributed by atoms with van der Waals surface area (Å²) in [5.74, 6) is -0.656. The van der Waals surface area contributed by atoms with Gasteiger partial charge in [0.25, 0.3) is 25.8 Å². The first-order chi connectivity index (χ1) is 30.6. The molecule has 0 saturated carbocycles. The van der Waals surface area contributed by atoms with E-state index in [-0.39, 0.29) is 11.6 Å². The maximum Gasteiger partial charge on any atom is 0.501 e. The number of carbonyl (C=O) groups excluding carboxylic acids is 1. The molecular formula is C46H53ClF3N5O6S3. The zero-order valence-electron chi connectivity index (χ0n) is 35.5. The Morgan fingerprint density at radius 1 is 0.891 bits per heavy atom. The number of sulfone groups is 1. The number of allylic oxidation sites excluding steroid dienone is 1. The van der Waals surface area contributed by atoms with E-state index in [1.807, 2.05) is 54.1 Å². The minimum Gasteiger partial charge on any atom is -0.380 e. The van der Waals surface area contributed by atoms with Crippen molar-refractivity contribution in [1.29, 1.82) is 0 Å². The Hall–Kier alpha value is -4.10. The number of morpholine rings is 1. The molecule has 2 heterocycles. The fourth-order valence-corrected chi connectivity index (χ4v) is 11.5. The molecule has 0 bridgehead atoms. The van der Waals surface area contributed by atoms with Crippen LogP contribution in [0.1, 0.15) is 54.9 Å². The highest BCUT2D eigenvalue weighted by Crippen LogP contribution is 2.37. The van der Waals surface area contributed by atoms with Gasteiger partial charge in [-0.3, -0.25) is 14.6 Å². The Morgan fingerprint density at radius 3 is 2.28 bits per heavy atom. The van der Waals surface area contributed by atoms with Gasteiger partial charge in [0.05, 0.1) is 23.8 Å². The maximum absolute atomic E-state index is 14.2. The number of carbonyl (C=O) groups is 1. The molecule has 0 unspecified atom stereocenters. The van der Waals surface area contributed by atoms with Gasteiger partial charge >= 0.3 is 5.51 Å². The Bertz CT molecular complexity index is 2490. The molecule has 2 N–H and O–H groups in total. The van der Waals surface area contributed by atoms with Crippen molar-refractivity contribution in [2.24, 2.45) is 0 Å². The van der Waals surface area contributed by atoms with Gasteiger partial charge in [-0.1, -0.05) is 47.5 Å². The van der Waals surface area contributed by atoms with Crippen molar-refractivity contribution < 1.29 is 39.5 Å². The highest BCUT2D eigenvalue weighted by Gasteiger charge is 2.48. The summed E-state index contributed by atoms with van der Waals surface area (Å²) in [4.78, 5) is 19.0. The average Bonchev–Trinajstić information content (AvgIpc) is 3.28. The van der Waals surface area contributed by atoms with E-state index in [0.29, 0.717) is 44.5 Å². The van der Waals surface area contributed by atoms with Gasteiger partial charge in [-0.15, -0.1) is 11.8 Å². The van der Waals surface area contributed by atoms with Gasteiger partial charge in [-0.25, -0.2) is 21.6 Å². The van der Waals surface area contributed by atoms with Gasteiger partial charge in [0.15, 0.2) is 0 Å². The van der Waals surface area contributed by atoms with Crippen LogP contribution in [0.15, 0.2) is 117 Å². The highest BCUT2D eigenvalue weighted by molar-refractivity contribution is 7.99. The molecule has 1 aliphatic carbocycles. The molecule has 0 spiro atoms. The van der Waals surface area contributed by atoms with Crippen LogP contribution in [0, 0.1) is 0 Å². The minimum atomic E-state index is -6.06. The van der Waals surface area contributed by atoms with Crippen LogP contribution in [0.2, 0.25) is 5.02 Å². The van der Waals surface area contributed by atoms with Crippen LogP contribution in [0.4, 0.5) is 24.5 Å². The monoisotopic (exact) mass is 959 g/mol. The lowest BCUT2D eigenvalue weighted by Gasteiger charge is -2.37. The van der Waals surface area contributed by atoms with Crippen LogP contribution < -0.4 is 14.9 Å². The number of amides is 1. The normalized spacial score (nSPS) is 18.8. The van der Waals surface area contributed by atoms with Crippen LogP contribution >= 0.6 is 23.4 Å². The number of thioether (sulfide) groups is 1. The van der Waals surface area contributed by atoms with Gasteiger partial charge in [0, 0.05) is 84.8 Å². The minimum absolute atomic E-state index is 0.000284. The molecule has 2 aliphatic heterocycles. The van der Waals surface area contributed by atoms with Crippen LogP contribution in [-0.4, -0.2) is 115 Å². The lowest BCUT2D eigenvalue weighted by Crippen LogP contribution is -2.47. The van der Waals surface area contributed by atoms with E-state index in [1.54, 1.807) is 12.1 Å². The third-order valence-corrected chi connectivity index (χ3v) is 16.2. The lowest BCUT2D eigenvalue weighted by atomic mass is 9.87. The summed E-state index contributed by atoms with van der Waals surface area (Å²) >= 11 is 7.60. The molecule has 18 heteroatoms.